The minimum Gasteiger partial charge on any atom is -0.325 e. The summed E-state index contributed by atoms with van der Waals surface area (Å²) < 4.78 is 0.927. The lowest BCUT2D eigenvalue weighted by Crippen LogP contribution is -2.47. The van der Waals surface area contributed by atoms with Crippen LogP contribution in [0.25, 0.3) is 0 Å². The van der Waals surface area contributed by atoms with Gasteiger partial charge < -0.3 is 5.32 Å². The van der Waals surface area contributed by atoms with Crippen molar-refractivity contribution >= 4 is 39.1 Å². The fourth-order valence-electron chi connectivity index (χ4n) is 5.63. The molecule has 4 bridgehead atoms. The number of hydrogen-bond acceptors (Lipinski definition) is 1. The van der Waals surface area contributed by atoms with Gasteiger partial charge in [0, 0.05) is 10.9 Å². The van der Waals surface area contributed by atoms with E-state index in [1.165, 1.54) is 38.5 Å². The highest BCUT2D eigenvalue weighted by Crippen LogP contribution is 2.61. The van der Waals surface area contributed by atoms with Crippen molar-refractivity contribution in [2.24, 2.45) is 23.2 Å². The van der Waals surface area contributed by atoms with Gasteiger partial charge in [-0.2, -0.15) is 0 Å². The summed E-state index contributed by atoms with van der Waals surface area (Å²) in [5.41, 5.74) is 1.00. The largest absolute Gasteiger partial charge is 0.325 e. The molecule has 118 valence electrons. The molecule has 1 aromatic rings. The number of halogens is 2. The van der Waals surface area contributed by atoms with E-state index in [2.05, 4.69) is 21.2 Å². The Bertz CT molecular complexity index is 580. The summed E-state index contributed by atoms with van der Waals surface area (Å²) in [6.07, 6.45) is 8.71. The molecule has 0 spiro atoms. The fourth-order valence-corrected chi connectivity index (χ4v) is 6.35. The molecule has 0 atom stereocenters. The van der Waals surface area contributed by atoms with Gasteiger partial charge in [0.15, 0.2) is 0 Å². The van der Waals surface area contributed by atoms with Crippen molar-refractivity contribution in [3.8, 4) is 0 Å². The van der Waals surface area contributed by atoms with Crippen LogP contribution in [-0.4, -0.2) is 5.91 Å². The number of anilines is 1. The van der Waals surface area contributed by atoms with E-state index < -0.39 is 0 Å². The van der Waals surface area contributed by atoms with Crippen LogP contribution in [0.4, 0.5) is 5.69 Å². The molecule has 4 saturated carbocycles. The van der Waals surface area contributed by atoms with Crippen LogP contribution < -0.4 is 5.32 Å². The van der Waals surface area contributed by atoms with Crippen LogP contribution in [0.2, 0.25) is 5.02 Å². The quantitative estimate of drug-likeness (QED) is 0.719. The highest BCUT2D eigenvalue weighted by molar-refractivity contribution is 9.10. The standard InChI is InChI=1S/C18H21BrClNO/c19-14-1-2-16(15(20)6-14)21-17(22)10-18-7-11-3-12(8-18)5-13(4-11)9-18/h1-2,6,11-13H,3-5,7-10H2,(H,21,22). The lowest BCUT2D eigenvalue weighted by atomic mass is 9.49. The molecule has 4 heteroatoms. The maximum atomic E-state index is 12.6. The predicted octanol–water partition coefficient (Wildman–Crippen LogP) is 5.65. The van der Waals surface area contributed by atoms with Gasteiger partial charge in [0.2, 0.25) is 5.91 Å². The minimum atomic E-state index is 0.131. The molecule has 5 rings (SSSR count). The maximum Gasteiger partial charge on any atom is 0.224 e. The summed E-state index contributed by atoms with van der Waals surface area (Å²) in [6.45, 7) is 0. The first kappa shape index (κ1) is 15.0. The van der Waals surface area contributed by atoms with Crippen molar-refractivity contribution in [2.45, 2.75) is 44.9 Å². The van der Waals surface area contributed by atoms with E-state index in [-0.39, 0.29) is 11.3 Å². The lowest BCUT2D eigenvalue weighted by molar-refractivity contribution is -0.124. The molecule has 0 unspecified atom stereocenters. The van der Waals surface area contributed by atoms with Crippen LogP contribution in [0.5, 0.6) is 0 Å². The van der Waals surface area contributed by atoms with E-state index in [9.17, 15) is 4.79 Å². The monoisotopic (exact) mass is 381 g/mol. The van der Waals surface area contributed by atoms with Crippen LogP contribution in [0.15, 0.2) is 22.7 Å². The third-order valence-corrected chi connectivity index (χ3v) is 6.71. The maximum absolute atomic E-state index is 12.6. The third kappa shape index (κ3) is 2.82. The van der Waals surface area contributed by atoms with E-state index in [1.807, 2.05) is 18.2 Å². The van der Waals surface area contributed by atoms with Crippen molar-refractivity contribution in [3.63, 3.8) is 0 Å². The molecule has 22 heavy (non-hydrogen) atoms. The number of carbonyl (C=O) groups excluding carboxylic acids is 1. The number of amides is 1. The summed E-state index contributed by atoms with van der Waals surface area (Å²) in [7, 11) is 0. The summed E-state index contributed by atoms with van der Waals surface area (Å²) in [5.74, 6) is 2.78. The highest BCUT2D eigenvalue weighted by Gasteiger charge is 2.51. The average molecular weight is 383 g/mol. The second-order valence-electron chi connectivity index (χ2n) is 7.77. The first-order valence-electron chi connectivity index (χ1n) is 8.26. The zero-order chi connectivity index (χ0) is 15.3. The van der Waals surface area contributed by atoms with E-state index >= 15 is 0 Å². The first-order chi connectivity index (χ1) is 10.5. The van der Waals surface area contributed by atoms with Crippen LogP contribution >= 0.6 is 27.5 Å². The van der Waals surface area contributed by atoms with Gasteiger partial charge >= 0.3 is 0 Å². The van der Waals surface area contributed by atoms with Crippen molar-refractivity contribution in [2.75, 3.05) is 5.32 Å². The smallest absolute Gasteiger partial charge is 0.224 e. The molecule has 0 radical (unpaired) electrons. The molecule has 0 saturated heterocycles. The van der Waals surface area contributed by atoms with Crippen molar-refractivity contribution in [1.82, 2.24) is 0 Å². The summed E-state index contributed by atoms with van der Waals surface area (Å²) >= 11 is 9.60. The molecule has 4 aliphatic carbocycles. The number of rotatable bonds is 3. The topological polar surface area (TPSA) is 29.1 Å². The Labute approximate surface area is 145 Å². The molecule has 0 aliphatic heterocycles. The van der Waals surface area contributed by atoms with Gasteiger partial charge in [0.05, 0.1) is 10.7 Å². The number of benzene rings is 1. The van der Waals surface area contributed by atoms with Gasteiger partial charge in [-0.15, -0.1) is 0 Å². The van der Waals surface area contributed by atoms with E-state index in [0.29, 0.717) is 11.4 Å². The first-order valence-corrected chi connectivity index (χ1v) is 9.43. The van der Waals surface area contributed by atoms with Crippen molar-refractivity contribution in [3.05, 3.63) is 27.7 Å². The van der Waals surface area contributed by atoms with Crippen LogP contribution in [0, 0.1) is 23.2 Å². The Kier molecular flexibility index (Phi) is 3.77. The summed E-state index contributed by atoms with van der Waals surface area (Å²) in [5, 5.41) is 3.61. The summed E-state index contributed by atoms with van der Waals surface area (Å²) in [4.78, 5) is 12.6. The highest BCUT2D eigenvalue weighted by atomic mass is 79.9. The molecule has 2 nitrogen and oxygen atoms in total. The predicted molar refractivity (Wildman–Crippen MR) is 93.0 cm³/mol. The van der Waals surface area contributed by atoms with Gasteiger partial charge in [0.1, 0.15) is 0 Å². The Morgan fingerprint density at radius 2 is 1.77 bits per heavy atom. The number of carbonyl (C=O) groups is 1. The molecule has 4 fully saturated rings. The second kappa shape index (κ2) is 5.52. The molecule has 1 amide bonds. The van der Waals surface area contributed by atoms with Gasteiger partial charge in [-0.05, 0) is 79.9 Å². The van der Waals surface area contributed by atoms with Gasteiger partial charge in [-0.1, -0.05) is 27.5 Å². The fraction of sp³-hybridized carbons (Fsp3) is 0.611. The summed E-state index contributed by atoms with van der Waals surface area (Å²) in [6, 6.07) is 5.60. The zero-order valence-electron chi connectivity index (χ0n) is 12.6. The molecule has 1 N–H and O–H groups in total. The number of hydrogen-bond donors (Lipinski definition) is 1. The second-order valence-corrected chi connectivity index (χ2v) is 9.09. The number of nitrogens with one attached hydrogen (secondary N) is 1. The van der Waals surface area contributed by atoms with Gasteiger partial charge in [-0.3, -0.25) is 4.79 Å². The Balaban J connectivity index is 1.46. The Hall–Kier alpha value is -0.540. The zero-order valence-corrected chi connectivity index (χ0v) is 14.9. The minimum absolute atomic E-state index is 0.131. The molecule has 0 heterocycles. The van der Waals surface area contributed by atoms with Crippen LogP contribution in [0.3, 0.4) is 0 Å². The van der Waals surface area contributed by atoms with E-state index in [0.717, 1.165) is 27.9 Å². The molecule has 0 aromatic heterocycles. The molecule has 1 aromatic carbocycles. The van der Waals surface area contributed by atoms with E-state index in [4.69, 9.17) is 11.6 Å². The molecular formula is C18H21BrClNO. The van der Waals surface area contributed by atoms with Crippen LogP contribution in [0.1, 0.15) is 44.9 Å². The molecule has 4 aliphatic rings. The third-order valence-electron chi connectivity index (χ3n) is 5.91. The normalized spacial score (nSPS) is 35.6. The Morgan fingerprint density at radius 1 is 1.18 bits per heavy atom. The average Bonchev–Trinajstić information content (AvgIpc) is 2.39. The van der Waals surface area contributed by atoms with Crippen LogP contribution in [-0.2, 0) is 4.79 Å². The van der Waals surface area contributed by atoms with E-state index in [1.54, 1.807) is 0 Å². The SMILES string of the molecule is O=C(CC12CC3CC(CC(C3)C1)C2)Nc1ccc(Br)cc1Cl. The van der Waals surface area contributed by atoms with Crippen molar-refractivity contribution < 1.29 is 4.79 Å². The Morgan fingerprint density at radius 3 is 2.32 bits per heavy atom. The molecular weight excluding hydrogens is 362 g/mol. The van der Waals surface area contributed by atoms with Crippen molar-refractivity contribution in [1.29, 1.82) is 0 Å². The van der Waals surface area contributed by atoms with Gasteiger partial charge in [0.25, 0.3) is 0 Å². The van der Waals surface area contributed by atoms with Gasteiger partial charge in [-0.25, -0.2) is 0 Å². The lowest BCUT2D eigenvalue weighted by Gasteiger charge is -2.56.